The SMILES string of the molecule is CN1CCc2c(sc(NC(=O)[C@@H]3COc4ccccc4O3)c2-c2nc3ccccc3s2)C1. The number of carbonyl (C=O) groups excluding carboxylic acids is 1. The largest absolute Gasteiger partial charge is 0.485 e. The number of hydrogen-bond acceptors (Lipinski definition) is 7. The van der Waals surface area contributed by atoms with Crippen LogP contribution in [0.1, 0.15) is 10.4 Å². The summed E-state index contributed by atoms with van der Waals surface area (Å²) in [6, 6.07) is 15.6. The molecule has 8 heteroatoms. The number of amides is 1. The third-order valence-electron chi connectivity index (χ3n) is 5.79. The number of nitrogens with zero attached hydrogens (tertiary/aromatic N) is 2. The zero-order valence-electron chi connectivity index (χ0n) is 17.5. The Morgan fingerprint density at radius 2 is 1.94 bits per heavy atom. The van der Waals surface area contributed by atoms with E-state index in [9.17, 15) is 4.79 Å². The number of thiophene rings is 1. The summed E-state index contributed by atoms with van der Waals surface area (Å²) in [6.07, 6.45) is 0.245. The summed E-state index contributed by atoms with van der Waals surface area (Å²) in [7, 11) is 2.13. The molecule has 2 aliphatic rings. The lowest BCUT2D eigenvalue weighted by molar-refractivity contribution is -0.125. The third-order valence-corrected chi connectivity index (χ3v) is 7.98. The fraction of sp³-hybridized carbons (Fsp3) is 0.250. The quantitative estimate of drug-likeness (QED) is 0.473. The fourth-order valence-electron chi connectivity index (χ4n) is 4.17. The number of benzene rings is 2. The Hall–Kier alpha value is -2.94. The van der Waals surface area contributed by atoms with E-state index in [1.165, 1.54) is 10.4 Å². The molecule has 0 spiro atoms. The van der Waals surface area contributed by atoms with Crippen LogP contribution in [0.2, 0.25) is 0 Å². The lowest BCUT2D eigenvalue weighted by Crippen LogP contribution is -2.40. The van der Waals surface area contributed by atoms with Crippen molar-refractivity contribution in [1.29, 1.82) is 0 Å². The van der Waals surface area contributed by atoms with Crippen LogP contribution in [0.15, 0.2) is 48.5 Å². The Labute approximate surface area is 193 Å². The van der Waals surface area contributed by atoms with Crippen molar-refractivity contribution < 1.29 is 14.3 Å². The maximum Gasteiger partial charge on any atom is 0.269 e. The van der Waals surface area contributed by atoms with Gasteiger partial charge < -0.3 is 19.7 Å². The van der Waals surface area contributed by atoms with Gasteiger partial charge in [0, 0.05) is 23.5 Å². The number of rotatable bonds is 3. The molecule has 1 N–H and O–H groups in total. The Kier molecular flexibility index (Phi) is 4.86. The first kappa shape index (κ1) is 19.7. The number of hydrogen-bond donors (Lipinski definition) is 1. The summed E-state index contributed by atoms with van der Waals surface area (Å²) in [6.45, 7) is 2.06. The maximum absolute atomic E-state index is 13.2. The summed E-state index contributed by atoms with van der Waals surface area (Å²) in [5, 5.41) is 4.95. The Morgan fingerprint density at radius 1 is 1.12 bits per heavy atom. The van der Waals surface area contributed by atoms with E-state index in [2.05, 4.69) is 23.3 Å². The number of carbonyl (C=O) groups is 1. The topological polar surface area (TPSA) is 63.7 Å². The van der Waals surface area contributed by atoms with Crippen LogP contribution >= 0.6 is 22.7 Å². The highest BCUT2D eigenvalue weighted by Gasteiger charge is 2.31. The van der Waals surface area contributed by atoms with Crippen LogP contribution in [0.4, 0.5) is 5.00 Å². The molecule has 0 unspecified atom stereocenters. The van der Waals surface area contributed by atoms with Crippen molar-refractivity contribution in [2.75, 3.05) is 25.5 Å². The van der Waals surface area contributed by atoms with Crippen molar-refractivity contribution in [2.24, 2.45) is 0 Å². The second kappa shape index (κ2) is 7.88. The number of anilines is 1. The molecule has 1 amide bonds. The van der Waals surface area contributed by atoms with E-state index in [-0.39, 0.29) is 12.5 Å². The second-order valence-corrected chi connectivity index (χ2v) is 10.2. The summed E-state index contributed by atoms with van der Waals surface area (Å²) < 4.78 is 12.8. The molecule has 6 nitrogen and oxygen atoms in total. The maximum atomic E-state index is 13.2. The minimum Gasteiger partial charge on any atom is -0.485 e. The zero-order valence-corrected chi connectivity index (χ0v) is 19.1. The van der Waals surface area contributed by atoms with E-state index in [0.717, 1.165) is 45.3 Å². The van der Waals surface area contributed by atoms with E-state index in [1.807, 2.05) is 42.5 Å². The summed E-state index contributed by atoms with van der Waals surface area (Å²) in [5.41, 5.74) is 3.34. The Morgan fingerprint density at radius 3 is 2.81 bits per heavy atom. The van der Waals surface area contributed by atoms with Gasteiger partial charge in [-0.3, -0.25) is 4.79 Å². The molecule has 0 fully saturated rings. The van der Waals surface area contributed by atoms with Crippen LogP contribution in [0.25, 0.3) is 20.8 Å². The molecule has 32 heavy (non-hydrogen) atoms. The number of likely N-dealkylation sites (N-methyl/N-ethyl adjacent to an activating group) is 1. The van der Waals surface area contributed by atoms with E-state index in [1.54, 1.807) is 22.7 Å². The van der Waals surface area contributed by atoms with Gasteiger partial charge in [0.2, 0.25) is 6.10 Å². The standard InChI is InChI=1S/C24H21N3O3S2/c1-27-11-10-14-20(12-27)32-24(21(14)23-25-15-6-2-5-9-19(15)31-23)26-22(28)18-13-29-16-7-3-4-8-17(16)30-18/h2-9,18H,10-13H2,1H3,(H,26,28)/t18-/m0/s1. The van der Waals surface area contributed by atoms with Crippen LogP contribution in [-0.4, -0.2) is 42.1 Å². The van der Waals surface area contributed by atoms with Gasteiger partial charge in [-0.05, 0) is 43.3 Å². The zero-order chi connectivity index (χ0) is 21.7. The van der Waals surface area contributed by atoms with E-state index < -0.39 is 6.10 Å². The second-order valence-electron chi connectivity index (χ2n) is 8.04. The van der Waals surface area contributed by atoms with E-state index in [0.29, 0.717) is 11.5 Å². The van der Waals surface area contributed by atoms with Crippen molar-refractivity contribution in [2.45, 2.75) is 19.1 Å². The van der Waals surface area contributed by atoms with Crippen molar-refractivity contribution in [3.05, 3.63) is 59.0 Å². The van der Waals surface area contributed by atoms with Crippen LogP contribution in [0, 0.1) is 0 Å². The predicted molar refractivity (Wildman–Crippen MR) is 128 cm³/mol. The van der Waals surface area contributed by atoms with E-state index >= 15 is 0 Å². The average molecular weight is 464 g/mol. The van der Waals surface area contributed by atoms with E-state index in [4.69, 9.17) is 14.5 Å². The monoisotopic (exact) mass is 463 g/mol. The summed E-state index contributed by atoms with van der Waals surface area (Å²) in [4.78, 5) is 21.7. The highest BCUT2D eigenvalue weighted by atomic mass is 32.1. The highest BCUT2D eigenvalue weighted by Crippen LogP contribution is 2.45. The first-order chi connectivity index (χ1) is 15.7. The molecule has 2 aromatic carbocycles. The number of thiazole rings is 1. The molecule has 0 bridgehead atoms. The van der Waals surface area contributed by atoms with Crippen LogP contribution in [0.5, 0.6) is 11.5 Å². The first-order valence-electron chi connectivity index (χ1n) is 10.5. The van der Waals surface area contributed by atoms with Gasteiger partial charge in [-0.2, -0.15) is 0 Å². The molecular weight excluding hydrogens is 442 g/mol. The highest BCUT2D eigenvalue weighted by molar-refractivity contribution is 7.22. The normalized spacial score (nSPS) is 17.8. The molecule has 6 rings (SSSR count). The van der Waals surface area contributed by atoms with Gasteiger partial charge in [0.25, 0.3) is 5.91 Å². The van der Waals surface area contributed by atoms with Crippen molar-refractivity contribution in [1.82, 2.24) is 9.88 Å². The minimum atomic E-state index is -0.699. The van der Waals surface area contributed by atoms with Crippen molar-refractivity contribution in [3.63, 3.8) is 0 Å². The van der Waals surface area contributed by atoms with Gasteiger partial charge in [-0.1, -0.05) is 24.3 Å². The number of nitrogens with one attached hydrogen (secondary N) is 1. The first-order valence-corrected chi connectivity index (χ1v) is 12.2. The molecule has 0 saturated carbocycles. The average Bonchev–Trinajstić information content (AvgIpc) is 3.38. The molecule has 1 atom stereocenters. The molecule has 2 aliphatic heterocycles. The number of aromatic nitrogens is 1. The van der Waals surface area contributed by atoms with Gasteiger partial charge in [0.15, 0.2) is 11.5 Å². The van der Waals surface area contributed by atoms with Gasteiger partial charge >= 0.3 is 0 Å². The number of ether oxygens (including phenoxy) is 2. The minimum absolute atomic E-state index is 0.188. The molecule has 0 saturated heterocycles. The van der Waals surface area contributed by atoms with Crippen molar-refractivity contribution >= 4 is 43.8 Å². The lowest BCUT2D eigenvalue weighted by atomic mass is 10.0. The molecule has 162 valence electrons. The van der Waals surface area contributed by atoms with Gasteiger partial charge in [-0.25, -0.2) is 4.98 Å². The van der Waals surface area contributed by atoms with Crippen molar-refractivity contribution in [3.8, 4) is 22.1 Å². The molecule has 4 aromatic rings. The Balaban J connectivity index is 1.35. The fourth-order valence-corrected chi connectivity index (χ4v) is 6.61. The number of fused-ring (bicyclic) bond motifs is 3. The van der Waals surface area contributed by atoms with Gasteiger partial charge in [-0.15, -0.1) is 22.7 Å². The molecule has 4 heterocycles. The molecule has 0 radical (unpaired) electrons. The molecule has 0 aliphatic carbocycles. The number of para-hydroxylation sites is 3. The summed E-state index contributed by atoms with van der Waals surface area (Å²) in [5.74, 6) is 1.06. The Bertz CT molecular complexity index is 1300. The molecular formula is C24H21N3O3S2. The predicted octanol–water partition coefficient (Wildman–Crippen LogP) is 4.79. The lowest BCUT2D eigenvalue weighted by Gasteiger charge is -2.25. The van der Waals surface area contributed by atoms with Gasteiger partial charge in [0.1, 0.15) is 16.6 Å². The summed E-state index contributed by atoms with van der Waals surface area (Å²) >= 11 is 3.32. The molecule has 2 aromatic heterocycles. The van der Waals surface area contributed by atoms with Crippen LogP contribution in [0.3, 0.4) is 0 Å². The van der Waals surface area contributed by atoms with Crippen LogP contribution in [-0.2, 0) is 17.8 Å². The smallest absolute Gasteiger partial charge is 0.269 e. The third kappa shape index (κ3) is 3.44. The van der Waals surface area contributed by atoms with Crippen LogP contribution < -0.4 is 14.8 Å². The van der Waals surface area contributed by atoms with Gasteiger partial charge in [0.05, 0.1) is 10.2 Å².